The molecule has 6 heteroatoms. The van der Waals surface area contributed by atoms with Crippen LogP contribution in [-0.4, -0.2) is 32.6 Å². The maximum Gasteiger partial charge on any atom is 0.227 e. The molecule has 0 aromatic carbocycles. The Bertz CT molecular complexity index is 384. The van der Waals surface area contributed by atoms with Gasteiger partial charge < -0.3 is 5.32 Å². The molecular formula is C11H17ClN4S. The molecular weight excluding hydrogens is 256 g/mol. The van der Waals surface area contributed by atoms with E-state index in [-0.39, 0.29) is 5.38 Å². The predicted molar refractivity (Wildman–Crippen MR) is 71.9 cm³/mol. The first kappa shape index (κ1) is 12.9. The molecule has 94 valence electrons. The van der Waals surface area contributed by atoms with Crippen molar-refractivity contribution >= 4 is 29.3 Å². The molecule has 0 saturated heterocycles. The van der Waals surface area contributed by atoms with Crippen LogP contribution in [0.2, 0.25) is 0 Å². The average molecular weight is 273 g/mol. The highest BCUT2D eigenvalue weighted by Crippen LogP contribution is 2.23. The Morgan fingerprint density at radius 3 is 2.76 bits per heavy atom. The lowest BCUT2D eigenvalue weighted by molar-refractivity contribution is 0.728. The van der Waals surface area contributed by atoms with Gasteiger partial charge in [0.1, 0.15) is 5.82 Å². The summed E-state index contributed by atoms with van der Waals surface area (Å²) >= 11 is 7.67. The van der Waals surface area contributed by atoms with Crippen molar-refractivity contribution in [2.75, 3.05) is 11.6 Å². The lowest BCUT2D eigenvalue weighted by atomic mass is 10.2. The molecule has 1 heterocycles. The van der Waals surface area contributed by atoms with Crippen LogP contribution in [0.3, 0.4) is 0 Å². The highest BCUT2D eigenvalue weighted by Gasteiger charge is 2.22. The Morgan fingerprint density at radius 1 is 1.41 bits per heavy atom. The summed E-state index contributed by atoms with van der Waals surface area (Å²) in [5.41, 5.74) is 0. The molecule has 1 aliphatic rings. The number of nitrogens with zero attached hydrogens (tertiary/aromatic N) is 3. The van der Waals surface area contributed by atoms with Crippen molar-refractivity contribution in [3.8, 4) is 0 Å². The van der Waals surface area contributed by atoms with E-state index in [1.807, 2.05) is 6.26 Å². The Labute approximate surface area is 111 Å². The fourth-order valence-electron chi connectivity index (χ4n) is 1.40. The second-order valence-corrected chi connectivity index (χ2v) is 5.58. The summed E-state index contributed by atoms with van der Waals surface area (Å²) in [6.07, 6.45) is 6.02. The van der Waals surface area contributed by atoms with Gasteiger partial charge in [-0.1, -0.05) is 18.7 Å². The van der Waals surface area contributed by atoms with Gasteiger partial charge in [0.05, 0.1) is 0 Å². The molecule has 0 aliphatic heterocycles. The largest absolute Gasteiger partial charge is 0.351 e. The summed E-state index contributed by atoms with van der Waals surface area (Å²) in [5.74, 6) is 1.48. The predicted octanol–water partition coefficient (Wildman–Crippen LogP) is 2.73. The first-order valence-corrected chi connectivity index (χ1v) is 7.57. The van der Waals surface area contributed by atoms with E-state index in [9.17, 15) is 0 Å². The standard InChI is InChI=1S/C11H17ClN4S/c1-3-7(12)6-9-14-10(13-8-4-5-8)16-11(15-9)17-2/h7-8H,3-6H2,1-2H3,(H,13,14,15,16). The minimum absolute atomic E-state index is 0.0980. The summed E-state index contributed by atoms with van der Waals surface area (Å²) in [4.78, 5) is 13.2. The molecule has 0 bridgehead atoms. The van der Waals surface area contributed by atoms with Crippen LogP contribution in [0, 0.1) is 0 Å². The molecule has 2 rings (SSSR count). The van der Waals surface area contributed by atoms with E-state index in [4.69, 9.17) is 11.6 Å². The quantitative estimate of drug-likeness (QED) is 0.637. The molecule has 0 spiro atoms. The van der Waals surface area contributed by atoms with Crippen molar-refractivity contribution in [2.24, 2.45) is 0 Å². The number of rotatable bonds is 6. The van der Waals surface area contributed by atoms with E-state index >= 15 is 0 Å². The summed E-state index contributed by atoms with van der Waals surface area (Å²) in [5, 5.41) is 4.16. The van der Waals surface area contributed by atoms with Crippen molar-refractivity contribution in [3.05, 3.63) is 5.82 Å². The van der Waals surface area contributed by atoms with Crippen LogP contribution in [0.1, 0.15) is 32.0 Å². The minimum Gasteiger partial charge on any atom is -0.351 e. The zero-order valence-electron chi connectivity index (χ0n) is 10.1. The van der Waals surface area contributed by atoms with Crippen LogP contribution in [0.5, 0.6) is 0 Å². The first-order valence-electron chi connectivity index (χ1n) is 5.90. The summed E-state index contributed by atoms with van der Waals surface area (Å²) in [6.45, 7) is 2.07. The van der Waals surface area contributed by atoms with Gasteiger partial charge in [-0.15, -0.1) is 11.6 Å². The first-order chi connectivity index (χ1) is 8.21. The molecule has 1 N–H and O–H groups in total. The smallest absolute Gasteiger partial charge is 0.227 e. The van der Waals surface area contributed by atoms with Crippen LogP contribution in [0.15, 0.2) is 5.16 Å². The highest BCUT2D eigenvalue weighted by molar-refractivity contribution is 7.98. The Hall–Kier alpha value is -0.550. The van der Waals surface area contributed by atoms with E-state index in [0.29, 0.717) is 18.4 Å². The fourth-order valence-corrected chi connectivity index (χ4v) is 1.91. The maximum absolute atomic E-state index is 6.14. The van der Waals surface area contributed by atoms with Crippen LogP contribution >= 0.6 is 23.4 Å². The highest BCUT2D eigenvalue weighted by atomic mass is 35.5. The van der Waals surface area contributed by atoms with Crippen molar-refractivity contribution in [1.29, 1.82) is 0 Å². The Balaban J connectivity index is 2.12. The number of hydrogen-bond donors (Lipinski definition) is 1. The SMILES string of the molecule is CCC(Cl)Cc1nc(NC2CC2)nc(SC)n1. The molecule has 17 heavy (non-hydrogen) atoms. The van der Waals surface area contributed by atoms with Crippen molar-refractivity contribution in [2.45, 2.75) is 49.2 Å². The number of thioether (sulfide) groups is 1. The van der Waals surface area contributed by atoms with Gasteiger partial charge >= 0.3 is 0 Å². The number of hydrogen-bond acceptors (Lipinski definition) is 5. The lowest BCUT2D eigenvalue weighted by Crippen LogP contribution is -2.12. The molecule has 4 nitrogen and oxygen atoms in total. The fraction of sp³-hybridized carbons (Fsp3) is 0.727. The van der Waals surface area contributed by atoms with Gasteiger partial charge in [0.15, 0.2) is 5.16 Å². The topological polar surface area (TPSA) is 50.7 Å². The van der Waals surface area contributed by atoms with Gasteiger partial charge in [-0.2, -0.15) is 9.97 Å². The number of halogens is 1. The van der Waals surface area contributed by atoms with Gasteiger partial charge in [-0.3, -0.25) is 0 Å². The summed E-state index contributed by atoms with van der Waals surface area (Å²) in [6, 6.07) is 0.554. The molecule has 1 aromatic rings. The van der Waals surface area contributed by atoms with Crippen molar-refractivity contribution < 1.29 is 0 Å². The molecule has 1 saturated carbocycles. The van der Waals surface area contributed by atoms with Gasteiger partial charge in [-0.25, -0.2) is 4.98 Å². The molecule has 0 amide bonds. The van der Waals surface area contributed by atoms with Crippen LogP contribution in [0.25, 0.3) is 0 Å². The van der Waals surface area contributed by atoms with E-state index in [2.05, 4.69) is 27.2 Å². The third-order valence-corrected chi connectivity index (χ3v) is 3.61. The average Bonchev–Trinajstić information content (AvgIpc) is 3.12. The molecule has 1 aliphatic carbocycles. The molecule has 1 atom stereocenters. The number of nitrogens with one attached hydrogen (secondary N) is 1. The Kier molecular flexibility index (Phi) is 4.45. The van der Waals surface area contributed by atoms with Crippen molar-refractivity contribution in [1.82, 2.24) is 15.0 Å². The van der Waals surface area contributed by atoms with Crippen LogP contribution in [-0.2, 0) is 6.42 Å². The van der Waals surface area contributed by atoms with E-state index in [1.165, 1.54) is 24.6 Å². The number of alkyl halides is 1. The van der Waals surface area contributed by atoms with Crippen molar-refractivity contribution in [3.63, 3.8) is 0 Å². The van der Waals surface area contributed by atoms with Gasteiger partial charge in [0.25, 0.3) is 0 Å². The van der Waals surface area contributed by atoms with Gasteiger partial charge in [-0.05, 0) is 25.5 Å². The van der Waals surface area contributed by atoms with Gasteiger partial charge in [0, 0.05) is 17.8 Å². The molecule has 1 unspecified atom stereocenters. The second kappa shape index (κ2) is 5.87. The number of anilines is 1. The Morgan fingerprint density at radius 2 is 2.18 bits per heavy atom. The summed E-state index contributed by atoms with van der Waals surface area (Å²) < 4.78 is 0. The lowest BCUT2D eigenvalue weighted by Gasteiger charge is -2.09. The zero-order chi connectivity index (χ0) is 12.3. The van der Waals surface area contributed by atoms with Gasteiger partial charge in [0.2, 0.25) is 5.95 Å². The monoisotopic (exact) mass is 272 g/mol. The minimum atomic E-state index is 0.0980. The number of aromatic nitrogens is 3. The normalized spacial score (nSPS) is 16.9. The van der Waals surface area contributed by atoms with Crippen LogP contribution in [0.4, 0.5) is 5.95 Å². The van der Waals surface area contributed by atoms with E-state index < -0.39 is 0 Å². The third kappa shape index (κ3) is 4.00. The zero-order valence-corrected chi connectivity index (χ0v) is 11.7. The van der Waals surface area contributed by atoms with Crippen LogP contribution < -0.4 is 5.32 Å². The second-order valence-electron chi connectivity index (χ2n) is 4.19. The molecule has 1 fully saturated rings. The molecule has 0 radical (unpaired) electrons. The molecule has 1 aromatic heterocycles. The van der Waals surface area contributed by atoms with E-state index in [1.54, 1.807) is 0 Å². The van der Waals surface area contributed by atoms with E-state index in [0.717, 1.165) is 17.4 Å². The third-order valence-electron chi connectivity index (χ3n) is 2.60. The maximum atomic E-state index is 6.14. The summed E-state index contributed by atoms with van der Waals surface area (Å²) in [7, 11) is 0.